The van der Waals surface area contributed by atoms with Gasteiger partial charge in [0.1, 0.15) is 11.3 Å². The molecule has 0 radical (unpaired) electrons. The molecule has 0 unspecified atom stereocenters. The Labute approximate surface area is 109 Å². The summed E-state index contributed by atoms with van der Waals surface area (Å²) in [7, 11) is 0. The minimum Gasteiger partial charge on any atom is -0.438 e. The first-order valence-corrected chi connectivity index (χ1v) is 6.02. The second-order valence-corrected chi connectivity index (χ2v) is 4.43. The number of carbonyl (C=O) groups is 1. The highest BCUT2D eigenvalue weighted by Crippen LogP contribution is 2.44. The molecule has 1 aliphatic heterocycles. The number of benzene rings is 1. The van der Waals surface area contributed by atoms with Crippen LogP contribution in [0.1, 0.15) is 32.3 Å². The Hall–Kier alpha value is -2.31. The third kappa shape index (κ3) is 1.96. The predicted octanol–water partition coefficient (Wildman–Crippen LogP) is 2.75. The Kier molecular flexibility index (Phi) is 3.05. The smallest absolute Gasteiger partial charge is 0.412 e. The van der Waals surface area contributed by atoms with Gasteiger partial charge < -0.3 is 10.5 Å². The van der Waals surface area contributed by atoms with Crippen LogP contribution >= 0.6 is 0 Å². The van der Waals surface area contributed by atoms with E-state index in [2.05, 4.69) is 5.32 Å². The molecule has 0 saturated carbocycles. The molecule has 0 saturated heterocycles. The van der Waals surface area contributed by atoms with Gasteiger partial charge in [0.05, 0.1) is 10.6 Å². The lowest BCUT2D eigenvalue weighted by Crippen LogP contribution is -2.38. The highest BCUT2D eigenvalue weighted by Gasteiger charge is 2.40. The van der Waals surface area contributed by atoms with Crippen molar-refractivity contribution in [3.8, 4) is 0 Å². The molecule has 19 heavy (non-hydrogen) atoms. The van der Waals surface area contributed by atoms with Crippen LogP contribution in [0.4, 0.5) is 21.9 Å². The van der Waals surface area contributed by atoms with Crippen molar-refractivity contribution in [2.24, 2.45) is 0 Å². The Balaban J connectivity index is 2.66. The quantitative estimate of drug-likeness (QED) is 0.496. The van der Waals surface area contributed by atoms with Gasteiger partial charge in [0.15, 0.2) is 0 Å². The Morgan fingerprint density at radius 2 is 2.05 bits per heavy atom. The van der Waals surface area contributed by atoms with E-state index < -0.39 is 16.6 Å². The molecule has 2 rings (SSSR count). The summed E-state index contributed by atoms with van der Waals surface area (Å²) in [6, 6.07) is 2.80. The number of nitrogens with two attached hydrogens (primary N) is 1. The lowest BCUT2D eigenvalue weighted by molar-refractivity contribution is -0.383. The molecule has 0 spiro atoms. The number of nitro groups is 1. The third-order valence-electron chi connectivity index (χ3n) is 3.52. The van der Waals surface area contributed by atoms with Crippen LogP contribution in [-0.4, -0.2) is 11.0 Å². The number of ether oxygens (including phenoxy) is 1. The van der Waals surface area contributed by atoms with Crippen molar-refractivity contribution in [2.75, 3.05) is 11.1 Å². The van der Waals surface area contributed by atoms with Crippen LogP contribution in [0.15, 0.2) is 12.1 Å². The molecule has 0 aliphatic carbocycles. The molecule has 0 bridgehead atoms. The molecule has 1 aromatic rings. The van der Waals surface area contributed by atoms with Crippen molar-refractivity contribution in [1.82, 2.24) is 0 Å². The van der Waals surface area contributed by atoms with Crippen LogP contribution < -0.4 is 11.1 Å². The van der Waals surface area contributed by atoms with Crippen molar-refractivity contribution < 1.29 is 14.5 Å². The maximum absolute atomic E-state index is 11.6. The fraction of sp³-hybridized carbons (Fsp3) is 0.417. The summed E-state index contributed by atoms with van der Waals surface area (Å²) in [5.41, 5.74) is 5.84. The summed E-state index contributed by atoms with van der Waals surface area (Å²) in [4.78, 5) is 21.9. The third-order valence-corrected chi connectivity index (χ3v) is 3.52. The first kappa shape index (κ1) is 13.1. The summed E-state index contributed by atoms with van der Waals surface area (Å²) in [6.07, 6.45) is 0.540. The van der Waals surface area contributed by atoms with Crippen molar-refractivity contribution in [1.29, 1.82) is 0 Å². The summed E-state index contributed by atoms with van der Waals surface area (Å²) in [6.45, 7) is 3.78. The number of nitro benzene ring substituents is 1. The van der Waals surface area contributed by atoms with E-state index in [0.29, 0.717) is 24.1 Å². The average Bonchev–Trinajstić information content (AvgIpc) is 2.37. The zero-order valence-electron chi connectivity index (χ0n) is 10.7. The Morgan fingerprint density at radius 3 is 2.58 bits per heavy atom. The van der Waals surface area contributed by atoms with Gasteiger partial charge in [-0.1, -0.05) is 13.8 Å². The van der Waals surface area contributed by atoms with E-state index in [0.717, 1.165) is 0 Å². The number of rotatable bonds is 3. The summed E-state index contributed by atoms with van der Waals surface area (Å²) >= 11 is 0. The number of amides is 1. The molecular weight excluding hydrogens is 250 g/mol. The number of fused-ring (bicyclic) bond motifs is 1. The van der Waals surface area contributed by atoms with Crippen molar-refractivity contribution in [3.05, 3.63) is 27.8 Å². The second kappa shape index (κ2) is 4.42. The fourth-order valence-corrected chi connectivity index (χ4v) is 2.39. The van der Waals surface area contributed by atoms with E-state index in [1.165, 1.54) is 12.1 Å². The van der Waals surface area contributed by atoms with Crippen LogP contribution in [0, 0.1) is 10.1 Å². The molecule has 1 aliphatic rings. The van der Waals surface area contributed by atoms with E-state index in [1.807, 2.05) is 13.8 Å². The molecule has 7 heteroatoms. The number of nitrogens with one attached hydrogen (secondary N) is 1. The molecule has 1 aromatic carbocycles. The van der Waals surface area contributed by atoms with E-state index in [4.69, 9.17) is 10.5 Å². The molecule has 7 nitrogen and oxygen atoms in total. The monoisotopic (exact) mass is 265 g/mol. The first-order valence-electron chi connectivity index (χ1n) is 6.02. The normalized spacial score (nSPS) is 16.2. The van der Waals surface area contributed by atoms with Gasteiger partial charge in [-0.2, -0.15) is 0 Å². The topological polar surface area (TPSA) is 107 Å². The number of carbonyl (C=O) groups excluding carboxylic acids is 1. The second-order valence-electron chi connectivity index (χ2n) is 4.43. The van der Waals surface area contributed by atoms with E-state index >= 15 is 0 Å². The standard InChI is InChI=1S/C12H15N3O4/c1-3-12(4-2)7-5-8(13)10(15(17)18)6-9(7)14-11(16)19-12/h5-6H,3-4,13H2,1-2H3,(H,14,16). The van der Waals surface area contributed by atoms with E-state index in [9.17, 15) is 14.9 Å². The highest BCUT2D eigenvalue weighted by molar-refractivity contribution is 5.90. The number of cyclic esters (lactones) is 1. The van der Waals surface area contributed by atoms with Crippen molar-refractivity contribution in [2.45, 2.75) is 32.3 Å². The SMILES string of the molecule is CCC1(CC)OC(=O)Nc2cc([N+](=O)[O-])c(N)cc21. The van der Waals surface area contributed by atoms with Crippen molar-refractivity contribution >= 4 is 23.2 Å². The largest absolute Gasteiger partial charge is 0.438 e. The van der Waals surface area contributed by atoms with Gasteiger partial charge in [-0.25, -0.2) is 4.79 Å². The Morgan fingerprint density at radius 1 is 1.42 bits per heavy atom. The first-order chi connectivity index (χ1) is 8.93. The molecule has 1 amide bonds. The number of hydrogen-bond donors (Lipinski definition) is 2. The van der Waals surface area contributed by atoms with Gasteiger partial charge in [-0.05, 0) is 18.9 Å². The maximum Gasteiger partial charge on any atom is 0.412 e. The minimum atomic E-state index is -0.777. The van der Waals surface area contributed by atoms with Gasteiger partial charge in [0.25, 0.3) is 5.69 Å². The lowest BCUT2D eigenvalue weighted by atomic mass is 9.85. The predicted molar refractivity (Wildman–Crippen MR) is 69.9 cm³/mol. The number of nitrogens with zero attached hydrogens (tertiary/aromatic N) is 1. The van der Waals surface area contributed by atoms with E-state index in [1.54, 1.807) is 0 Å². The van der Waals surface area contributed by atoms with Crippen LogP contribution in [0.25, 0.3) is 0 Å². The van der Waals surface area contributed by atoms with Gasteiger partial charge in [0.2, 0.25) is 0 Å². The number of hydrogen-bond acceptors (Lipinski definition) is 5. The zero-order valence-corrected chi connectivity index (χ0v) is 10.7. The van der Waals surface area contributed by atoms with Gasteiger partial charge in [-0.15, -0.1) is 0 Å². The summed E-state index contributed by atoms with van der Waals surface area (Å²) < 4.78 is 5.38. The fourth-order valence-electron chi connectivity index (χ4n) is 2.39. The summed E-state index contributed by atoms with van der Waals surface area (Å²) in [5.74, 6) is 0. The van der Waals surface area contributed by atoms with Crippen LogP contribution in [0.2, 0.25) is 0 Å². The average molecular weight is 265 g/mol. The minimum absolute atomic E-state index is 0.0646. The summed E-state index contributed by atoms with van der Waals surface area (Å²) in [5, 5.41) is 13.4. The van der Waals surface area contributed by atoms with Crippen LogP contribution in [0.5, 0.6) is 0 Å². The molecule has 0 atom stereocenters. The van der Waals surface area contributed by atoms with Gasteiger partial charge >= 0.3 is 6.09 Å². The van der Waals surface area contributed by atoms with Gasteiger partial charge in [-0.3, -0.25) is 15.4 Å². The molecule has 0 fully saturated rings. The number of nitrogen functional groups attached to an aromatic ring is 1. The number of anilines is 2. The molecular formula is C12H15N3O4. The molecule has 1 heterocycles. The Bertz CT molecular complexity index is 552. The highest BCUT2D eigenvalue weighted by atomic mass is 16.6. The maximum atomic E-state index is 11.6. The van der Waals surface area contributed by atoms with Crippen molar-refractivity contribution in [3.63, 3.8) is 0 Å². The van der Waals surface area contributed by atoms with Crippen LogP contribution in [0.3, 0.4) is 0 Å². The zero-order chi connectivity index (χ0) is 14.2. The van der Waals surface area contributed by atoms with E-state index in [-0.39, 0.29) is 11.4 Å². The molecule has 0 aromatic heterocycles. The lowest BCUT2D eigenvalue weighted by Gasteiger charge is -2.37. The molecule has 102 valence electrons. The molecule has 3 N–H and O–H groups in total. The van der Waals surface area contributed by atoms with Crippen LogP contribution in [-0.2, 0) is 10.3 Å². The van der Waals surface area contributed by atoms with Gasteiger partial charge in [0, 0.05) is 11.6 Å².